The lowest BCUT2D eigenvalue weighted by Crippen LogP contribution is -2.25. The molecule has 9 heteroatoms. The second-order valence-corrected chi connectivity index (χ2v) is 11.1. The topological polar surface area (TPSA) is 92.4 Å². The lowest BCUT2D eigenvalue weighted by Gasteiger charge is -2.26. The number of esters is 1. The third kappa shape index (κ3) is 4.19. The second-order valence-electron chi connectivity index (χ2n) is 9.23. The number of rotatable bonds is 5. The molecule has 1 fully saturated rings. The fourth-order valence-electron chi connectivity index (χ4n) is 4.10. The fourth-order valence-corrected chi connectivity index (χ4v) is 5.32. The van der Waals surface area contributed by atoms with Gasteiger partial charge in [0, 0.05) is 37.6 Å². The number of hydrogen-bond donors (Lipinski definition) is 0. The number of nitrogens with zero attached hydrogens (tertiary/aromatic N) is 3. The number of fused-ring (bicyclic) bond motifs is 1. The summed E-state index contributed by atoms with van der Waals surface area (Å²) in [6.07, 6.45) is 4.61. The van der Waals surface area contributed by atoms with Gasteiger partial charge in [0.15, 0.2) is 0 Å². The Morgan fingerprint density at radius 3 is 2.59 bits per heavy atom. The predicted octanol–water partition coefficient (Wildman–Crippen LogP) is 3.59. The molecule has 172 valence electrons. The van der Waals surface area contributed by atoms with Gasteiger partial charge < -0.3 is 14.0 Å². The lowest BCUT2D eigenvalue weighted by molar-refractivity contribution is 0.0600. The Morgan fingerprint density at radius 1 is 1.22 bits per heavy atom. The van der Waals surface area contributed by atoms with Crippen LogP contribution in [0, 0.1) is 5.92 Å². The van der Waals surface area contributed by atoms with Crippen molar-refractivity contribution in [3.8, 4) is 0 Å². The van der Waals surface area contributed by atoms with Crippen molar-refractivity contribution in [1.29, 1.82) is 0 Å². The number of carbonyl (C=O) groups is 1. The number of carbonyl (C=O) groups excluding carboxylic acids is 1. The molecule has 32 heavy (non-hydrogen) atoms. The van der Waals surface area contributed by atoms with Crippen molar-refractivity contribution in [1.82, 2.24) is 13.5 Å². The summed E-state index contributed by atoms with van der Waals surface area (Å²) in [7, 11) is -2.62. The van der Waals surface area contributed by atoms with Gasteiger partial charge in [-0.2, -0.15) is 0 Å². The SMILES string of the molecule is COC(=O)c1ccn(S(=O)(=O)c2ccc3c(c2)nc(C(C)(C)C)n3CC2CCOCC2)c1. The summed E-state index contributed by atoms with van der Waals surface area (Å²) in [6.45, 7) is 8.71. The number of hydrogen-bond acceptors (Lipinski definition) is 6. The first-order chi connectivity index (χ1) is 15.1. The summed E-state index contributed by atoms with van der Waals surface area (Å²) in [5.41, 5.74) is 1.54. The van der Waals surface area contributed by atoms with Crippen LogP contribution in [0.25, 0.3) is 11.0 Å². The number of methoxy groups -OCH3 is 1. The maximum Gasteiger partial charge on any atom is 0.339 e. The zero-order valence-corrected chi connectivity index (χ0v) is 19.7. The van der Waals surface area contributed by atoms with E-state index in [1.807, 2.05) is 6.07 Å². The predicted molar refractivity (Wildman–Crippen MR) is 120 cm³/mol. The van der Waals surface area contributed by atoms with Crippen LogP contribution < -0.4 is 0 Å². The van der Waals surface area contributed by atoms with Crippen molar-refractivity contribution in [2.45, 2.75) is 50.5 Å². The van der Waals surface area contributed by atoms with Crippen LogP contribution in [0.3, 0.4) is 0 Å². The normalized spacial score (nSPS) is 15.9. The highest BCUT2D eigenvalue weighted by molar-refractivity contribution is 7.90. The molecule has 1 aliphatic rings. The Kier molecular flexibility index (Phi) is 5.89. The van der Waals surface area contributed by atoms with Crippen molar-refractivity contribution >= 4 is 27.0 Å². The molecule has 0 unspecified atom stereocenters. The number of aromatic nitrogens is 3. The van der Waals surface area contributed by atoms with E-state index in [1.165, 1.54) is 25.6 Å². The first-order valence-corrected chi connectivity index (χ1v) is 12.2. The number of imidazole rings is 1. The summed E-state index contributed by atoms with van der Waals surface area (Å²) >= 11 is 0. The Morgan fingerprint density at radius 2 is 1.94 bits per heavy atom. The molecular weight excluding hydrogens is 430 g/mol. The van der Waals surface area contributed by atoms with E-state index in [0.29, 0.717) is 11.4 Å². The van der Waals surface area contributed by atoms with Gasteiger partial charge in [-0.05, 0) is 43.0 Å². The Labute approximate surface area is 188 Å². The van der Waals surface area contributed by atoms with Gasteiger partial charge >= 0.3 is 5.97 Å². The average Bonchev–Trinajstić information content (AvgIpc) is 3.39. The van der Waals surface area contributed by atoms with Crippen LogP contribution in [0.5, 0.6) is 0 Å². The lowest BCUT2D eigenvalue weighted by atomic mass is 9.94. The van der Waals surface area contributed by atoms with Gasteiger partial charge in [0.1, 0.15) is 5.82 Å². The van der Waals surface area contributed by atoms with E-state index < -0.39 is 16.0 Å². The minimum atomic E-state index is -3.87. The molecule has 2 aromatic heterocycles. The van der Waals surface area contributed by atoms with E-state index in [0.717, 1.165) is 47.9 Å². The highest BCUT2D eigenvalue weighted by Crippen LogP contribution is 2.30. The summed E-state index contributed by atoms with van der Waals surface area (Å²) in [5, 5.41) is 0. The first kappa shape index (κ1) is 22.5. The van der Waals surface area contributed by atoms with Crippen LogP contribution in [0.15, 0.2) is 41.6 Å². The van der Waals surface area contributed by atoms with Gasteiger partial charge in [0.25, 0.3) is 10.0 Å². The molecule has 1 aliphatic heterocycles. The van der Waals surface area contributed by atoms with E-state index in [-0.39, 0.29) is 15.9 Å². The average molecular weight is 460 g/mol. The minimum Gasteiger partial charge on any atom is -0.465 e. The molecule has 8 nitrogen and oxygen atoms in total. The summed E-state index contributed by atoms with van der Waals surface area (Å²) in [6, 6.07) is 6.46. The third-order valence-corrected chi connectivity index (χ3v) is 7.47. The maximum absolute atomic E-state index is 13.2. The van der Waals surface area contributed by atoms with Crippen LogP contribution in [-0.2, 0) is 31.5 Å². The smallest absolute Gasteiger partial charge is 0.339 e. The molecular formula is C23H29N3O5S. The van der Waals surface area contributed by atoms with E-state index in [4.69, 9.17) is 9.72 Å². The van der Waals surface area contributed by atoms with Crippen molar-refractivity contribution in [2.75, 3.05) is 20.3 Å². The molecule has 0 N–H and O–H groups in total. The minimum absolute atomic E-state index is 0.119. The quantitative estimate of drug-likeness (QED) is 0.542. The Bertz CT molecular complexity index is 1240. The Balaban J connectivity index is 1.75. The van der Waals surface area contributed by atoms with Crippen molar-refractivity contribution in [3.05, 3.63) is 48.0 Å². The van der Waals surface area contributed by atoms with E-state index in [1.54, 1.807) is 12.1 Å². The molecule has 3 aromatic rings. The van der Waals surface area contributed by atoms with Crippen LogP contribution in [0.1, 0.15) is 49.8 Å². The largest absolute Gasteiger partial charge is 0.465 e. The van der Waals surface area contributed by atoms with Crippen LogP contribution in [-0.4, -0.2) is 48.2 Å². The molecule has 1 saturated heterocycles. The molecule has 0 atom stereocenters. The van der Waals surface area contributed by atoms with Gasteiger partial charge in [0.05, 0.1) is 28.6 Å². The molecule has 3 heterocycles. The number of ether oxygens (including phenoxy) is 2. The molecule has 4 rings (SSSR count). The monoisotopic (exact) mass is 459 g/mol. The standard InChI is InChI=1S/C23H29N3O5S/c1-23(2,3)22-24-19-13-18(32(28,29)25-10-7-17(15-25)21(27)30-4)5-6-20(19)26(22)14-16-8-11-31-12-9-16/h5-7,10,13,15-16H,8-9,11-12,14H2,1-4H3. The second kappa shape index (κ2) is 8.37. The van der Waals surface area contributed by atoms with E-state index in [9.17, 15) is 13.2 Å². The third-order valence-electron chi connectivity index (χ3n) is 5.84. The fraction of sp³-hybridized carbons (Fsp3) is 0.478. The van der Waals surface area contributed by atoms with Crippen LogP contribution >= 0.6 is 0 Å². The van der Waals surface area contributed by atoms with Gasteiger partial charge in [0.2, 0.25) is 0 Å². The Hall–Kier alpha value is -2.65. The van der Waals surface area contributed by atoms with Crippen LogP contribution in [0.4, 0.5) is 0 Å². The molecule has 1 aromatic carbocycles. The highest BCUT2D eigenvalue weighted by Gasteiger charge is 2.27. The van der Waals surface area contributed by atoms with E-state index >= 15 is 0 Å². The summed E-state index contributed by atoms with van der Waals surface area (Å²) in [5.74, 6) is 0.848. The van der Waals surface area contributed by atoms with Crippen molar-refractivity contribution < 1.29 is 22.7 Å². The molecule has 0 aliphatic carbocycles. The van der Waals surface area contributed by atoms with Crippen molar-refractivity contribution in [3.63, 3.8) is 0 Å². The van der Waals surface area contributed by atoms with Crippen LogP contribution in [0.2, 0.25) is 0 Å². The zero-order valence-electron chi connectivity index (χ0n) is 18.9. The van der Waals surface area contributed by atoms with E-state index in [2.05, 4.69) is 30.1 Å². The first-order valence-electron chi connectivity index (χ1n) is 10.7. The highest BCUT2D eigenvalue weighted by atomic mass is 32.2. The van der Waals surface area contributed by atoms with Gasteiger partial charge in [-0.25, -0.2) is 22.2 Å². The van der Waals surface area contributed by atoms with Gasteiger partial charge in [-0.1, -0.05) is 20.8 Å². The van der Waals surface area contributed by atoms with Gasteiger partial charge in [-0.3, -0.25) is 0 Å². The van der Waals surface area contributed by atoms with Gasteiger partial charge in [-0.15, -0.1) is 0 Å². The maximum atomic E-state index is 13.2. The summed E-state index contributed by atoms with van der Waals surface area (Å²) < 4.78 is 39.8. The molecule has 0 saturated carbocycles. The van der Waals surface area contributed by atoms with Crippen molar-refractivity contribution in [2.24, 2.45) is 5.92 Å². The molecule has 0 amide bonds. The summed E-state index contributed by atoms with van der Waals surface area (Å²) in [4.78, 5) is 16.7. The molecule has 0 spiro atoms. The number of benzene rings is 1. The zero-order chi connectivity index (χ0) is 23.1. The molecule has 0 bridgehead atoms. The molecule has 0 radical (unpaired) electrons.